The summed E-state index contributed by atoms with van der Waals surface area (Å²) in [5.41, 5.74) is 2.94. The maximum Gasteiger partial charge on any atom is 0.255 e. The minimum atomic E-state index is -2.66. The van der Waals surface area contributed by atoms with Crippen LogP contribution in [0.15, 0.2) is 28.7 Å². The largest absolute Gasteiger partial charge is 0.510 e. The summed E-state index contributed by atoms with van der Waals surface area (Å²) in [7, 11) is 4.73. The first-order valence-corrected chi connectivity index (χ1v) is 14.7. The van der Waals surface area contributed by atoms with E-state index in [1.807, 2.05) is 0 Å². The third-order valence-electron chi connectivity index (χ3n) is 9.82. The molecule has 5 rings (SSSR count). The lowest BCUT2D eigenvalue weighted by Crippen LogP contribution is -2.63. The van der Waals surface area contributed by atoms with Crippen molar-refractivity contribution in [2.75, 3.05) is 27.7 Å². The summed E-state index contributed by atoms with van der Waals surface area (Å²) in [4.78, 5) is 43.5. The molecule has 4 aliphatic rings. The number of aromatic hydroxyl groups is 1. The van der Waals surface area contributed by atoms with E-state index in [1.54, 1.807) is 14.1 Å². The van der Waals surface area contributed by atoms with Crippen molar-refractivity contribution in [1.29, 1.82) is 0 Å². The number of nitrogens with zero attached hydrogens (tertiary/aromatic N) is 2. The van der Waals surface area contributed by atoms with E-state index in [1.165, 1.54) is 37.3 Å². The van der Waals surface area contributed by atoms with Crippen LogP contribution in [-0.4, -0.2) is 93.1 Å². The summed E-state index contributed by atoms with van der Waals surface area (Å²) in [5, 5.41) is 45.4. The second-order valence-electron chi connectivity index (χ2n) is 12.3. The van der Waals surface area contributed by atoms with Gasteiger partial charge >= 0.3 is 0 Å². The van der Waals surface area contributed by atoms with Crippen molar-refractivity contribution in [3.63, 3.8) is 0 Å². The number of primary amides is 1. The molecule has 11 nitrogen and oxygen atoms in total. The van der Waals surface area contributed by atoms with Gasteiger partial charge in [-0.3, -0.25) is 24.2 Å². The SMILES string of the molecule is CCN(Cc1cc(O)c2c(c1OC)C[C@H]1C[C@H]3[C@H](N(C)C)C(O)=C(C(N)=O)C(=O)[C@@]3(O)C(O)=C1C2=O)C1CCCCC1. The summed E-state index contributed by atoms with van der Waals surface area (Å²) < 4.78 is 5.87. The quantitative estimate of drug-likeness (QED) is 0.300. The Labute approximate surface area is 245 Å². The van der Waals surface area contributed by atoms with Crippen molar-refractivity contribution in [2.45, 2.75) is 76.1 Å². The molecule has 6 N–H and O–H groups in total. The molecule has 4 aliphatic carbocycles. The summed E-state index contributed by atoms with van der Waals surface area (Å²) in [6, 6.07) is 0.915. The van der Waals surface area contributed by atoms with E-state index in [9.17, 15) is 34.8 Å². The number of hydrogen-bond donors (Lipinski definition) is 5. The number of aliphatic hydroxyl groups excluding tert-OH is 2. The lowest BCUT2D eigenvalue weighted by atomic mass is 9.58. The fourth-order valence-electron chi connectivity index (χ4n) is 7.90. The van der Waals surface area contributed by atoms with Crippen LogP contribution in [0.4, 0.5) is 0 Å². The number of nitrogens with two attached hydrogens (primary N) is 1. The van der Waals surface area contributed by atoms with Gasteiger partial charge in [0.2, 0.25) is 5.78 Å². The monoisotopic (exact) mass is 583 g/mol. The van der Waals surface area contributed by atoms with Crippen LogP contribution in [0.1, 0.15) is 66.9 Å². The van der Waals surface area contributed by atoms with Crippen LogP contribution in [-0.2, 0) is 22.6 Å². The van der Waals surface area contributed by atoms with E-state index < -0.39 is 58.0 Å². The van der Waals surface area contributed by atoms with Gasteiger partial charge in [0.1, 0.15) is 28.6 Å². The van der Waals surface area contributed by atoms with Crippen LogP contribution in [0.3, 0.4) is 0 Å². The highest BCUT2D eigenvalue weighted by molar-refractivity contribution is 6.24. The zero-order valence-electron chi connectivity index (χ0n) is 24.6. The molecular weight excluding hydrogens is 542 g/mol. The molecule has 0 spiro atoms. The first-order valence-electron chi connectivity index (χ1n) is 14.7. The Bertz CT molecular complexity index is 1390. The Hall–Kier alpha value is -3.41. The molecule has 1 aromatic rings. The molecule has 0 saturated heterocycles. The number of Topliss-reactive ketones (excluding diaryl/α,β-unsaturated/α-hetero) is 2. The van der Waals surface area contributed by atoms with Crippen LogP contribution >= 0.6 is 0 Å². The number of aliphatic hydroxyl groups is 3. The normalized spacial score (nSPS) is 28.2. The highest BCUT2D eigenvalue weighted by atomic mass is 16.5. The van der Waals surface area contributed by atoms with Crippen molar-refractivity contribution >= 4 is 17.5 Å². The number of phenols is 1. The number of carbonyl (C=O) groups is 3. The molecule has 1 aromatic carbocycles. The van der Waals surface area contributed by atoms with E-state index in [0.717, 1.165) is 24.9 Å². The van der Waals surface area contributed by atoms with Crippen molar-refractivity contribution in [1.82, 2.24) is 9.80 Å². The topological polar surface area (TPSA) is 174 Å². The lowest BCUT2D eigenvalue weighted by Gasteiger charge is -2.50. The van der Waals surface area contributed by atoms with Crippen LogP contribution in [0.25, 0.3) is 0 Å². The van der Waals surface area contributed by atoms with Gasteiger partial charge in [-0.15, -0.1) is 0 Å². The molecule has 0 radical (unpaired) electrons. The number of phenolic OH excluding ortho intramolecular Hbond substituents is 1. The average molecular weight is 584 g/mol. The van der Waals surface area contributed by atoms with Crippen LogP contribution in [0.2, 0.25) is 0 Å². The van der Waals surface area contributed by atoms with Crippen molar-refractivity contribution in [3.05, 3.63) is 45.4 Å². The number of likely N-dealkylation sites (N-methyl/N-ethyl adjacent to an activating group) is 1. The van der Waals surface area contributed by atoms with Crippen LogP contribution < -0.4 is 10.5 Å². The Morgan fingerprint density at radius 3 is 2.38 bits per heavy atom. The van der Waals surface area contributed by atoms with Gasteiger partial charge in [0.25, 0.3) is 5.91 Å². The van der Waals surface area contributed by atoms with Gasteiger partial charge < -0.3 is 30.9 Å². The molecule has 0 heterocycles. The minimum absolute atomic E-state index is 0.0308. The Morgan fingerprint density at radius 2 is 1.81 bits per heavy atom. The number of fused-ring (bicyclic) bond motifs is 3. The maximum atomic E-state index is 14.0. The molecule has 42 heavy (non-hydrogen) atoms. The number of allylic oxidation sites excluding steroid dienone is 1. The molecule has 0 aromatic heterocycles. The van der Waals surface area contributed by atoms with Gasteiger partial charge in [0.15, 0.2) is 11.4 Å². The molecular formula is C31H41N3O8. The van der Waals surface area contributed by atoms with E-state index in [-0.39, 0.29) is 29.7 Å². The van der Waals surface area contributed by atoms with E-state index >= 15 is 0 Å². The minimum Gasteiger partial charge on any atom is -0.510 e. The summed E-state index contributed by atoms with van der Waals surface area (Å²) in [5.74, 6) is -6.19. The highest BCUT2D eigenvalue weighted by Gasteiger charge is 2.63. The molecule has 4 atom stereocenters. The molecule has 1 fully saturated rings. The standard InChI is InChI=1S/C31H41N3O8/c1-5-34(17-9-7-6-8-10-17)14-16-13-20(35)22-18(27(16)42-4)11-15-12-19-24(33(2)3)26(37)23(30(32)40)29(39)31(19,41)28(38)21(15)25(22)36/h13,15,17,19,24,35,37-38,41H,5-12,14H2,1-4H3,(H2,32,40)/t15-,19-,24-,31-/m0/s1. The number of carbonyl (C=O) groups excluding carboxylic acids is 3. The lowest BCUT2D eigenvalue weighted by molar-refractivity contribution is -0.148. The average Bonchev–Trinajstić information content (AvgIpc) is 2.93. The maximum absolute atomic E-state index is 14.0. The highest BCUT2D eigenvalue weighted by Crippen LogP contribution is 2.53. The fourth-order valence-corrected chi connectivity index (χ4v) is 7.90. The van der Waals surface area contributed by atoms with E-state index in [2.05, 4.69) is 11.8 Å². The number of benzene rings is 1. The first kappa shape index (κ1) is 30.1. The molecule has 1 amide bonds. The third kappa shape index (κ3) is 4.40. The molecule has 0 bridgehead atoms. The van der Waals surface area contributed by atoms with Crippen molar-refractivity contribution < 1.29 is 39.5 Å². The predicted octanol–water partition coefficient (Wildman–Crippen LogP) is 2.28. The molecule has 228 valence electrons. The van der Waals surface area contributed by atoms with Crippen LogP contribution in [0, 0.1) is 11.8 Å². The Balaban J connectivity index is 1.61. The number of ether oxygens (including phenoxy) is 1. The van der Waals surface area contributed by atoms with Gasteiger partial charge in [-0.05, 0) is 58.3 Å². The molecule has 11 heteroatoms. The number of amides is 1. The summed E-state index contributed by atoms with van der Waals surface area (Å²) >= 11 is 0. The van der Waals surface area contributed by atoms with Crippen molar-refractivity contribution in [3.8, 4) is 11.5 Å². The summed E-state index contributed by atoms with van der Waals surface area (Å²) in [6.45, 7) is 3.46. The van der Waals surface area contributed by atoms with Gasteiger partial charge in [0, 0.05) is 35.2 Å². The van der Waals surface area contributed by atoms with E-state index in [4.69, 9.17) is 10.5 Å². The Kier molecular flexibility index (Phi) is 7.88. The second kappa shape index (κ2) is 11.0. The number of ketones is 2. The van der Waals surface area contributed by atoms with Gasteiger partial charge in [-0.2, -0.15) is 0 Å². The van der Waals surface area contributed by atoms with Gasteiger partial charge in [-0.25, -0.2) is 0 Å². The fraction of sp³-hybridized carbons (Fsp3) is 0.581. The Morgan fingerprint density at radius 1 is 1.14 bits per heavy atom. The van der Waals surface area contributed by atoms with Crippen molar-refractivity contribution in [2.24, 2.45) is 17.6 Å². The number of rotatable bonds is 7. The summed E-state index contributed by atoms with van der Waals surface area (Å²) in [6.07, 6.45) is 6.02. The smallest absolute Gasteiger partial charge is 0.255 e. The first-order chi connectivity index (χ1) is 19.9. The van der Waals surface area contributed by atoms with Crippen LogP contribution in [0.5, 0.6) is 11.5 Å². The third-order valence-corrected chi connectivity index (χ3v) is 9.82. The number of methoxy groups -OCH3 is 1. The zero-order chi connectivity index (χ0) is 30.7. The van der Waals surface area contributed by atoms with Gasteiger partial charge in [-0.1, -0.05) is 26.2 Å². The van der Waals surface area contributed by atoms with Gasteiger partial charge in [0.05, 0.1) is 18.7 Å². The zero-order valence-corrected chi connectivity index (χ0v) is 24.6. The molecule has 1 saturated carbocycles. The predicted molar refractivity (Wildman–Crippen MR) is 153 cm³/mol. The number of hydrogen-bond acceptors (Lipinski definition) is 10. The second-order valence-corrected chi connectivity index (χ2v) is 12.3. The van der Waals surface area contributed by atoms with E-state index in [0.29, 0.717) is 23.9 Å². The molecule has 0 aliphatic heterocycles. The molecule has 0 unspecified atom stereocenters.